The van der Waals surface area contributed by atoms with E-state index in [4.69, 9.17) is 0 Å². The predicted octanol–water partition coefficient (Wildman–Crippen LogP) is 2.74. The second-order valence-corrected chi connectivity index (χ2v) is 8.49. The quantitative estimate of drug-likeness (QED) is 0.846. The van der Waals surface area contributed by atoms with Crippen LogP contribution in [0, 0.1) is 6.92 Å². The monoisotopic (exact) mass is 359 g/mol. The van der Waals surface area contributed by atoms with Crippen LogP contribution in [0.1, 0.15) is 44.2 Å². The van der Waals surface area contributed by atoms with Gasteiger partial charge < -0.3 is 10.0 Å². The van der Waals surface area contributed by atoms with Crippen molar-refractivity contribution in [3.8, 4) is 0 Å². The lowest BCUT2D eigenvalue weighted by Crippen LogP contribution is -2.58. The standard InChI is InChI=1S/C22H37N3O/c1-18(2)24-11-8-21(9-12-24)25-14-13-23(17-22(25)10-15-26)16-20-6-4-19(3)5-7-20/h4-7,18,21-22,26H,8-17H2,1-3H3/t22-/m0/s1. The molecule has 2 saturated heterocycles. The van der Waals surface area contributed by atoms with Gasteiger partial charge in [-0.05, 0) is 58.7 Å². The van der Waals surface area contributed by atoms with E-state index in [0.29, 0.717) is 24.7 Å². The van der Waals surface area contributed by atoms with Crippen LogP contribution in [-0.2, 0) is 6.54 Å². The van der Waals surface area contributed by atoms with E-state index in [0.717, 1.165) is 32.6 Å². The van der Waals surface area contributed by atoms with E-state index in [1.54, 1.807) is 0 Å². The van der Waals surface area contributed by atoms with Gasteiger partial charge in [-0.3, -0.25) is 9.80 Å². The number of hydrogen-bond donors (Lipinski definition) is 1. The minimum Gasteiger partial charge on any atom is -0.396 e. The third-order valence-electron chi connectivity index (χ3n) is 6.30. The zero-order chi connectivity index (χ0) is 18.5. The Kier molecular flexibility index (Phi) is 7.10. The third-order valence-corrected chi connectivity index (χ3v) is 6.30. The number of hydrogen-bond acceptors (Lipinski definition) is 4. The van der Waals surface area contributed by atoms with E-state index in [-0.39, 0.29) is 0 Å². The summed E-state index contributed by atoms with van der Waals surface area (Å²) in [6.07, 6.45) is 3.45. The van der Waals surface area contributed by atoms with Crippen molar-refractivity contribution in [2.24, 2.45) is 0 Å². The van der Waals surface area contributed by atoms with Crippen LogP contribution in [-0.4, -0.2) is 77.3 Å². The van der Waals surface area contributed by atoms with Gasteiger partial charge in [-0.25, -0.2) is 0 Å². The van der Waals surface area contributed by atoms with Crippen LogP contribution in [0.3, 0.4) is 0 Å². The van der Waals surface area contributed by atoms with Gasteiger partial charge in [0.25, 0.3) is 0 Å². The van der Waals surface area contributed by atoms with Crippen molar-refractivity contribution in [1.29, 1.82) is 0 Å². The molecule has 0 aliphatic carbocycles. The number of benzene rings is 1. The molecule has 0 spiro atoms. The lowest BCUT2D eigenvalue weighted by Gasteiger charge is -2.48. The van der Waals surface area contributed by atoms with Gasteiger partial charge in [-0.15, -0.1) is 0 Å². The molecular weight excluding hydrogens is 322 g/mol. The molecule has 0 radical (unpaired) electrons. The zero-order valence-corrected chi connectivity index (χ0v) is 16.9. The largest absolute Gasteiger partial charge is 0.396 e. The Balaban J connectivity index is 1.57. The molecule has 2 aliphatic rings. The molecule has 0 unspecified atom stereocenters. The number of likely N-dealkylation sites (tertiary alicyclic amines) is 1. The van der Waals surface area contributed by atoms with Crippen molar-refractivity contribution in [2.75, 3.05) is 39.3 Å². The first-order chi connectivity index (χ1) is 12.6. The molecule has 2 heterocycles. The number of piperidine rings is 1. The van der Waals surface area contributed by atoms with Gasteiger partial charge in [0.05, 0.1) is 0 Å². The summed E-state index contributed by atoms with van der Waals surface area (Å²) in [6, 6.07) is 10.8. The molecule has 0 amide bonds. The number of aliphatic hydroxyl groups is 1. The van der Waals surface area contributed by atoms with Gasteiger partial charge >= 0.3 is 0 Å². The van der Waals surface area contributed by atoms with Gasteiger partial charge in [0.1, 0.15) is 0 Å². The summed E-state index contributed by atoms with van der Waals surface area (Å²) in [6.45, 7) is 13.9. The number of nitrogens with zero attached hydrogens (tertiary/aromatic N) is 3. The first kappa shape index (κ1) is 19.8. The molecule has 1 aromatic rings. The molecule has 0 saturated carbocycles. The SMILES string of the molecule is Cc1ccc(CN2CCN(C3CCN(C(C)C)CC3)[C@@H](CCO)C2)cc1. The molecule has 4 nitrogen and oxygen atoms in total. The Morgan fingerprint density at radius 2 is 1.73 bits per heavy atom. The predicted molar refractivity (Wildman–Crippen MR) is 108 cm³/mol. The van der Waals surface area contributed by atoms with Gasteiger partial charge in [-0.2, -0.15) is 0 Å². The Bertz CT molecular complexity index is 537. The van der Waals surface area contributed by atoms with E-state index in [2.05, 4.69) is 59.7 Å². The van der Waals surface area contributed by atoms with Crippen molar-refractivity contribution in [3.05, 3.63) is 35.4 Å². The van der Waals surface area contributed by atoms with E-state index < -0.39 is 0 Å². The first-order valence-electron chi connectivity index (χ1n) is 10.5. The normalized spacial score (nSPS) is 24.4. The molecule has 2 fully saturated rings. The van der Waals surface area contributed by atoms with Gasteiger partial charge in [0.2, 0.25) is 0 Å². The smallest absolute Gasteiger partial charge is 0.0446 e. The van der Waals surface area contributed by atoms with E-state index in [9.17, 15) is 5.11 Å². The highest BCUT2D eigenvalue weighted by atomic mass is 16.3. The third kappa shape index (κ3) is 5.07. The minimum atomic E-state index is 0.296. The van der Waals surface area contributed by atoms with Crippen LogP contribution in [0.4, 0.5) is 0 Å². The second kappa shape index (κ2) is 9.32. The van der Waals surface area contributed by atoms with Crippen molar-refractivity contribution < 1.29 is 5.11 Å². The number of aryl methyl sites for hydroxylation is 1. The van der Waals surface area contributed by atoms with Crippen LogP contribution in [0.5, 0.6) is 0 Å². The molecule has 26 heavy (non-hydrogen) atoms. The highest BCUT2D eigenvalue weighted by Crippen LogP contribution is 2.25. The summed E-state index contributed by atoms with van der Waals surface area (Å²) >= 11 is 0. The number of rotatable bonds is 6. The summed E-state index contributed by atoms with van der Waals surface area (Å²) in [5.41, 5.74) is 2.72. The Hall–Kier alpha value is -0.940. The lowest BCUT2D eigenvalue weighted by molar-refractivity contribution is -0.0000300. The van der Waals surface area contributed by atoms with Gasteiger partial charge in [0, 0.05) is 50.9 Å². The molecule has 1 atom stereocenters. The van der Waals surface area contributed by atoms with Crippen LogP contribution >= 0.6 is 0 Å². The van der Waals surface area contributed by atoms with Crippen molar-refractivity contribution >= 4 is 0 Å². The molecule has 2 aliphatic heterocycles. The van der Waals surface area contributed by atoms with Crippen LogP contribution in [0.2, 0.25) is 0 Å². The highest BCUT2D eigenvalue weighted by molar-refractivity contribution is 5.21. The fourth-order valence-corrected chi connectivity index (χ4v) is 4.65. The van der Waals surface area contributed by atoms with Crippen molar-refractivity contribution in [3.63, 3.8) is 0 Å². The molecular formula is C22H37N3O. The van der Waals surface area contributed by atoms with Gasteiger partial charge in [-0.1, -0.05) is 29.8 Å². The van der Waals surface area contributed by atoms with E-state index in [1.807, 2.05) is 0 Å². The fraction of sp³-hybridized carbons (Fsp3) is 0.727. The summed E-state index contributed by atoms with van der Waals surface area (Å²) in [5, 5.41) is 9.60. The number of aliphatic hydroxyl groups excluding tert-OH is 1. The molecule has 4 heteroatoms. The Labute approximate surface area is 159 Å². The van der Waals surface area contributed by atoms with Gasteiger partial charge in [0.15, 0.2) is 0 Å². The molecule has 1 N–H and O–H groups in total. The Morgan fingerprint density at radius 1 is 1.04 bits per heavy atom. The van der Waals surface area contributed by atoms with E-state index in [1.165, 1.54) is 37.1 Å². The summed E-state index contributed by atoms with van der Waals surface area (Å²) < 4.78 is 0. The highest BCUT2D eigenvalue weighted by Gasteiger charge is 2.33. The van der Waals surface area contributed by atoms with Crippen LogP contribution in [0.15, 0.2) is 24.3 Å². The zero-order valence-electron chi connectivity index (χ0n) is 16.9. The van der Waals surface area contributed by atoms with Crippen LogP contribution in [0.25, 0.3) is 0 Å². The lowest BCUT2D eigenvalue weighted by atomic mass is 9.97. The van der Waals surface area contributed by atoms with Crippen molar-refractivity contribution in [2.45, 2.75) is 64.7 Å². The average molecular weight is 360 g/mol. The maximum Gasteiger partial charge on any atom is 0.0446 e. The maximum atomic E-state index is 9.60. The van der Waals surface area contributed by atoms with Crippen molar-refractivity contribution in [1.82, 2.24) is 14.7 Å². The molecule has 0 aromatic heterocycles. The minimum absolute atomic E-state index is 0.296. The first-order valence-corrected chi connectivity index (χ1v) is 10.5. The molecule has 3 rings (SSSR count). The average Bonchev–Trinajstić information content (AvgIpc) is 2.64. The summed E-state index contributed by atoms with van der Waals surface area (Å²) in [5.74, 6) is 0. The summed E-state index contributed by atoms with van der Waals surface area (Å²) in [4.78, 5) is 7.90. The van der Waals surface area contributed by atoms with E-state index >= 15 is 0 Å². The fourth-order valence-electron chi connectivity index (χ4n) is 4.65. The molecule has 0 bridgehead atoms. The maximum absolute atomic E-state index is 9.60. The summed E-state index contributed by atoms with van der Waals surface area (Å²) in [7, 11) is 0. The van der Waals surface area contributed by atoms with Crippen LogP contribution < -0.4 is 0 Å². The number of piperazine rings is 1. The Morgan fingerprint density at radius 3 is 2.35 bits per heavy atom. The second-order valence-electron chi connectivity index (χ2n) is 8.49. The topological polar surface area (TPSA) is 30.0 Å². The molecule has 146 valence electrons. The molecule has 1 aromatic carbocycles.